The number of aryl methyl sites for hydroxylation is 1. The van der Waals surface area contributed by atoms with Gasteiger partial charge in [-0.2, -0.15) is 10.1 Å². The molecule has 4 rings (SSSR count). The van der Waals surface area contributed by atoms with Crippen molar-refractivity contribution in [2.45, 2.75) is 11.8 Å². The van der Waals surface area contributed by atoms with Crippen LogP contribution in [0.15, 0.2) is 59.8 Å². The number of H-pyrrole nitrogens is 1. The van der Waals surface area contributed by atoms with E-state index in [0.29, 0.717) is 11.0 Å². The van der Waals surface area contributed by atoms with Gasteiger partial charge in [0, 0.05) is 20.9 Å². The molecule has 1 amide bonds. The van der Waals surface area contributed by atoms with Crippen LogP contribution in [-0.2, 0) is 4.79 Å². The molecule has 4 aromatic rings. The van der Waals surface area contributed by atoms with Crippen LogP contribution in [0.4, 0.5) is 5.95 Å². The molecule has 0 aliphatic heterocycles. The Labute approximate surface area is 170 Å². The zero-order valence-corrected chi connectivity index (χ0v) is 16.5. The van der Waals surface area contributed by atoms with E-state index in [1.165, 1.54) is 18.1 Å². The maximum Gasteiger partial charge on any atom is 0.237 e. The highest BCUT2D eigenvalue weighted by Crippen LogP contribution is 2.36. The topological polar surface area (TPSA) is 83.6 Å². The molecule has 0 aliphatic carbocycles. The number of nitrogens with zero attached hydrogens (tertiary/aromatic N) is 3. The molecule has 2 heterocycles. The normalized spacial score (nSPS) is 10.9. The second kappa shape index (κ2) is 8.00. The van der Waals surface area contributed by atoms with Gasteiger partial charge in [-0.1, -0.05) is 41.9 Å². The van der Waals surface area contributed by atoms with Crippen molar-refractivity contribution in [2.24, 2.45) is 0 Å². The van der Waals surface area contributed by atoms with Gasteiger partial charge in [0.1, 0.15) is 6.33 Å². The Kier molecular flexibility index (Phi) is 5.27. The van der Waals surface area contributed by atoms with E-state index in [2.05, 4.69) is 27.4 Å². The number of thioether (sulfide) groups is 1. The van der Waals surface area contributed by atoms with Crippen molar-refractivity contribution in [1.29, 1.82) is 0 Å². The molecule has 0 aliphatic rings. The first kappa shape index (κ1) is 18.5. The molecule has 2 aromatic carbocycles. The monoisotopic (exact) mass is 409 g/mol. The van der Waals surface area contributed by atoms with Crippen LogP contribution in [0.1, 0.15) is 5.56 Å². The first-order valence-corrected chi connectivity index (χ1v) is 9.91. The lowest BCUT2D eigenvalue weighted by molar-refractivity contribution is -0.113. The van der Waals surface area contributed by atoms with Gasteiger partial charge < -0.3 is 0 Å². The van der Waals surface area contributed by atoms with E-state index in [0.717, 1.165) is 32.6 Å². The number of aromatic amines is 1. The van der Waals surface area contributed by atoms with Gasteiger partial charge in [-0.15, -0.1) is 11.8 Å². The molecule has 0 bridgehead atoms. The molecule has 8 heteroatoms. The third kappa shape index (κ3) is 3.85. The summed E-state index contributed by atoms with van der Waals surface area (Å²) < 4.78 is 0. The number of anilines is 1. The Hall–Kier alpha value is -2.90. The van der Waals surface area contributed by atoms with Crippen molar-refractivity contribution in [3.63, 3.8) is 0 Å². The lowest BCUT2D eigenvalue weighted by atomic mass is 10.0. The van der Waals surface area contributed by atoms with Crippen molar-refractivity contribution in [2.75, 3.05) is 11.1 Å². The van der Waals surface area contributed by atoms with E-state index in [1.807, 2.05) is 48.5 Å². The summed E-state index contributed by atoms with van der Waals surface area (Å²) in [5, 5.41) is 10.8. The second-order valence-electron chi connectivity index (χ2n) is 6.11. The predicted octanol–water partition coefficient (Wildman–Crippen LogP) is 4.71. The van der Waals surface area contributed by atoms with Crippen LogP contribution in [0.5, 0.6) is 0 Å². The Morgan fingerprint density at radius 3 is 2.71 bits per heavy atom. The minimum atomic E-state index is -0.170. The molecule has 0 saturated carbocycles. The summed E-state index contributed by atoms with van der Waals surface area (Å²) in [5.74, 6) is 0.385. The van der Waals surface area contributed by atoms with Crippen LogP contribution in [0.2, 0.25) is 5.02 Å². The van der Waals surface area contributed by atoms with Crippen molar-refractivity contribution in [3.05, 3.63) is 65.4 Å². The number of carbonyl (C=O) groups excluding carboxylic acids is 1. The van der Waals surface area contributed by atoms with Crippen LogP contribution in [-0.4, -0.2) is 31.8 Å². The molecule has 2 aromatic heterocycles. The predicted molar refractivity (Wildman–Crippen MR) is 113 cm³/mol. The average Bonchev–Trinajstić information content (AvgIpc) is 3.21. The second-order valence-corrected chi connectivity index (χ2v) is 7.53. The summed E-state index contributed by atoms with van der Waals surface area (Å²) >= 11 is 7.49. The maximum atomic E-state index is 12.3. The molecule has 0 radical (unpaired) electrons. The smallest absolute Gasteiger partial charge is 0.237 e. The summed E-state index contributed by atoms with van der Waals surface area (Å²) in [4.78, 5) is 22.0. The van der Waals surface area contributed by atoms with Gasteiger partial charge in [-0.05, 0) is 30.7 Å². The van der Waals surface area contributed by atoms with Crippen LogP contribution in [0.25, 0.3) is 22.2 Å². The molecule has 6 nitrogen and oxygen atoms in total. The molecule has 28 heavy (non-hydrogen) atoms. The summed E-state index contributed by atoms with van der Waals surface area (Å²) in [5.41, 5.74) is 3.80. The fraction of sp³-hybridized carbons (Fsp3) is 0.100. The zero-order chi connectivity index (χ0) is 19.5. The minimum absolute atomic E-state index is 0.170. The summed E-state index contributed by atoms with van der Waals surface area (Å²) in [6, 6.07) is 15.6. The minimum Gasteiger partial charge on any atom is -0.294 e. The van der Waals surface area contributed by atoms with Gasteiger partial charge in [0.25, 0.3) is 0 Å². The molecule has 0 spiro atoms. The average molecular weight is 410 g/mol. The number of halogens is 1. The van der Waals surface area contributed by atoms with E-state index in [1.54, 1.807) is 0 Å². The molecule has 0 atom stereocenters. The molecule has 140 valence electrons. The number of hydrogen-bond donors (Lipinski definition) is 2. The third-order valence-corrected chi connectivity index (χ3v) is 5.68. The first-order chi connectivity index (χ1) is 13.6. The SMILES string of the molecule is Cc1c(SCC(=O)Nc2ncn[nH]2)c(-c2ccc(Cl)cc2)nc2ccccc12. The summed E-state index contributed by atoms with van der Waals surface area (Å²) in [7, 11) is 0. The number of para-hydroxylation sites is 1. The zero-order valence-electron chi connectivity index (χ0n) is 14.9. The highest BCUT2D eigenvalue weighted by molar-refractivity contribution is 8.00. The Morgan fingerprint density at radius 2 is 1.96 bits per heavy atom. The van der Waals surface area contributed by atoms with Gasteiger partial charge >= 0.3 is 0 Å². The molecular weight excluding hydrogens is 394 g/mol. The van der Waals surface area contributed by atoms with Crippen LogP contribution in [0.3, 0.4) is 0 Å². The van der Waals surface area contributed by atoms with E-state index in [9.17, 15) is 4.79 Å². The quantitative estimate of drug-likeness (QED) is 0.466. The first-order valence-electron chi connectivity index (χ1n) is 8.55. The van der Waals surface area contributed by atoms with Crippen molar-refractivity contribution >= 4 is 46.1 Å². The molecule has 0 fully saturated rings. The number of rotatable bonds is 5. The lowest BCUT2D eigenvalue weighted by Crippen LogP contribution is -2.15. The number of amides is 1. The van der Waals surface area contributed by atoms with E-state index >= 15 is 0 Å². The van der Waals surface area contributed by atoms with E-state index in [4.69, 9.17) is 16.6 Å². The summed E-state index contributed by atoms with van der Waals surface area (Å²) in [6.07, 6.45) is 1.35. The number of hydrogen-bond acceptors (Lipinski definition) is 5. The number of nitrogens with one attached hydrogen (secondary N) is 2. The van der Waals surface area contributed by atoms with Crippen molar-refractivity contribution in [1.82, 2.24) is 20.2 Å². The molecule has 0 saturated heterocycles. The number of pyridine rings is 1. The van der Waals surface area contributed by atoms with Crippen LogP contribution in [0, 0.1) is 6.92 Å². The third-order valence-electron chi connectivity index (χ3n) is 4.23. The largest absolute Gasteiger partial charge is 0.294 e. The van der Waals surface area contributed by atoms with Crippen LogP contribution < -0.4 is 5.32 Å². The summed E-state index contributed by atoms with van der Waals surface area (Å²) in [6.45, 7) is 2.06. The fourth-order valence-corrected chi connectivity index (χ4v) is 4.01. The van der Waals surface area contributed by atoms with Crippen molar-refractivity contribution in [3.8, 4) is 11.3 Å². The van der Waals surface area contributed by atoms with Gasteiger partial charge in [0.2, 0.25) is 11.9 Å². The number of aromatic nitrogens is 4. The van der Waals surface area contributed by atoms with Gasteiger partial charge in [-0.25, -0.2) is 10.1 Å². The Bertz CT molecular complexity index is 1130. The molecule has 0 unspecified atom stereocenters. The Balaban J connectivity index is 1.70. The van der Waals surface area contributed by atoms with E-state index in [-0.39, 0.29) is 11.7 Å². The van der Waals surface area contributed by atoms with Crippen LogP contribution >= 0.6 is 23.4 Å². The molecule has 2 N–H and O–H groups in total. The Morgan fingerprint density at radius 1 is 1.18 bits per heavy atom. The lowest BCUT2D eigenvalue weighted by Gasteiger charge is -2.14. The number of benzene rings is 2. The highest BCUT2D eigenvalue weighted by atomic mass is 35.5. The number of fused-ring (bicyclic) bond motifs is 1. The number of carbonyl (C=O) groups is 1. The van der Waals surface area contributed by atoms with Gasteiger partial charge in [0.05, 0.1) is 17.0 Å². The fourth-order valence-electron chi connectivity index (χ4n) is 2.91. The van der Waals surface area contributed by atoms with Gasteiger partial charge in [-0.3, -0.25) is 10.1 Å². The maximum absolute atomic E-state index is 12.3. The van der Waals surface area contributed by atoms with Crippen molar-refractivity contribution < 1.29 is 4.79 Å². The highest BCUT2D eigenvalue weighted by Gasteiger charge is 2.16. The standard InChI is InChI=1S/C20H16ClN5OS/c1-12-15-4-2-3-5-16(15)24-18(13-6-8-14(21)9-7-13)19(12)28-10-17(27)25-20-22-11-23-26-20/h2-9,11H,10H2,1H3,(H2,22,23,25,26,27). The van der Waals surface area contributed by atoms with Gasteiger partial charge in [0.15, 0.2) is 0 Å². The van der Waals surface area contributed by atoms with E-state index < -0.39 is 0 Å². The molecular formula is C20H16ClN5OS.